The van der Waals surface area contributed by atoms with E-state index in [0.717, 1.165) is 11.0 Å². The molecule has 1 amide bonds. The summed E-state index contributed by atoms with van der Waals surface area (Å²) >= 11 is 1.22. The zero-order chi connectivity index (χ0) is 17.6. The molecule has 25 heavy (non-hydrogen) atoms. The normalized spacial score (nSPS) is 10.3. The van der Waals surface area contributed by atoms with Gasteiger partial charge in [-0.05, 0) is 48.5 Å². The van der Waals surface area contributed by atoms with Crippen molar-refractivity contribution < 1.29 is 18.3 Å². The summed E-state index contributed by atoms with van der Waals surface area (Å²) in [6, 6.07) is 18.9. The lowest BCUT2D eigenvalue weighted by Gasteiger charge is -2.07. The number of hydrogen-bond acceptors (Lipinski definition) is 3. The molecule has 0 aromatic heterocycles. The van der Waals surface area contributed by atoms with Crippen LogP contribution >= 0.6 is 11.8 Å². The van der Waals surface area contributed by atoms with E-state index < -0.39 is 17.7 Å². The van der Waals surface area contributed by atoms with E-state index >= 15 is 0 Å². The second-order valence-electron chi connectivity index (χ2n) is 5.06. The molecular formula is C19H13F2NO2S. The number of rotatable bonds is 4. The molecule has 3 nitrogen and oxygen atoms in total. The summed E-state index contributed by atoms with van der Waals surface area (Å²) in [6.45, 7) is 0. The van der Waals surface area contributed by atoms with Crippen LogP contribution in [0.2, 0.25) is 0 Å². The second kappa shape index (κ2) is 7.81. The number of para-hydroxylation sites is 1. The molecule has 0 atom stereocenters. The Bertz CT molecular complexity index is 850. The smallest absolute Gasteiger partial charge is 0.410 e. The standard InChI is InChI=1S/C19H13F2NO2S/c20-13-10-14(21)12-18(11-13)25-17-8-6-15(7-9-17)22-19(23)24-16-4-2-1-3-5-16/h1-12H,(H,22,23). The van der Waals surface area contributed by atoms with Gasteiger partial charge in [-0.25, -0.2) is 13.6 Å². The molecule has 0 fully saturated rings. The molecule has 0 bridgehead atoms. The van der Waals surface area contributed by atoms with E-state index in [4.69, 9.17) is 4.74 Å². The molecule has 0 spiro atoms. The van der Waals surface area contributed by atoms with Crippen LogP contribution in [0.5, 0.6) is 5.75 Å². The average molecular weight is 357 g/mol. The molecule has 3 rings (SSSR count). The highest BCUT2D eigenvalue weighted by molar-refractivity contribution is 7.99. The van der Waals surface area contributed by atoms with E-state index in [1.165, 1.54) is 23.9 Å². The number of nitrogens with one attached hydrogen (secondary N) is 1. The van der Waals surface area contributed by atoms with Gasteiger partial charge >= 0.3 is 6.09 Å². The maximum Gasteiger partial charge on any atom is 0.417 e. The van der Waals surface area contributed by atoms with Gasteiger partial charge in [-0.15, -0.1) is 0 Å². The van der Waals surface area contributed by atoms with Crippen molar-refractivity contribution in [2.45, 2.75) is 9.79 Å². The molecule has 0 radical (unpaired) electrons. The topological polar surface area (TPSA) is 38.3 Å². The quantitative estimate of drug-likeness (QED) is 0.648. The number of ether oxygens (including phenoxy) is 1. The average Bonchev–Trinajstić information content (AvgIpc) is 2.56. The van der Waals surface area contributed by atoms with Gasteiger partial charge in [0.2, 0.25) is 0 Å². The maximum atomic E-state index is 13.2. The Balaban J connectivity index is 1.61. The fourth-order valence-electron chi connectivity index (χ4n) is 2.07. The summed E-state index contributed by atoms with van der Waals surface area (Å²) in [7, 11) is 0. The Morgan fingerprint density at radius 1 is 0.840 bits per heavy atom. The third-order valence-electron chi connectivity index (χ3n) is 3.13. The first kappa shape index (κ1) is 17.0. The molecule has 0 aliphatic heterocycles. The van der Waals surface area contributed by atoms with Crippen molar-refractivity contribution in [3.8, 4) is 5.75 Å². The zero-order valence-electron chi connectivity index (χ0n) is 12.9. The molecule has 126 valence electrons. The van der Waals surface area contributed by atoms with E-state index in [1.807, 2.05) is 6.07 Å². The summed E-state index contributed by atoms with van der Waals surface area (Å²) in [5.41, 5.74) is 0.552. The molecule has 0 aliphatic carbocycles. The molecule has 0 heterocycles. The van der Waals surface area contributed by atoms with Crippen LogP contribution < -0.4 is 10.1 Å². The maximum absolute atomic E-state index is 13.2. The van der Waals surface area contributed by atoms with Crippen LogP contribution in [-0.2, 0) is 0 Å². The van der Waals surface area contributed by atoms with Crippen molar-refractivity contribution >= 4 is 23.5 Å². The molecule has 6 heteroatoms. The summed E-state index contributed by atoms with van der Waals surface area (Å²) < 4.78 is 31.5. The van der Waals surface area contributed by atoms with Crippen LogP contribution in [0.1, 0.15) is 0 Å². The number of carbonyl (C=O) groups excluding carboxylic acids is 1. The minimum Gasteiger partial charge on any atom is -0.410 e. The van der Waals surface area contributed by atoms with Crippen LogP contribution in [0.3, 0.4) is 0 Å². The summed E-state index contributed by atoms with van der Waals surface area (Å²) in [6.07, 6.45) is -0.598. The first-order valence-electron chi connectivity index (χ1n) is 7.36. The van der Waals surface area contributed by atoms with Gasteiger partial charge in [-0.2, -0.15) is 0 Å². The van der Waals surface area contributed by atoms with Gasteiger partial charge in [0.15, 0.2) is 0 Å². The van der Waals surface area contributed by atoms with Gasteiger partial charge < -0.3 is 4.74 Å². The number of carbonyl (C=O) groups is 1. The minimum absolute atomic E-state index is 0.445. The van der Waals surface area contributed by atoms with Crippen molar-refractivity contribution in [2.75, 3.05) is 5.32 Å². The van der Waals surface area contributed by atoms with Crippen molar-refractivity contribution in [1.29, 1.82) is 0 Å². The summed E-state index contributed by atoms with van der Waals surface area (Å²) in [5.74, 6) is -0.797. The fraction of sp³-hybridized carbons (Fsp3) is 0. The van der Waals surface area contributed by atoms with Crippen molar-refractivity contribution in [2.24, 2.45) is 0 Å². The summed E-state index contributed by atoms with van der Waals surface area (Å²) in [5, 5.41) is 2.61. The minimum atomic E-state index is -0.621. The van der Waals surface area contributed by atoms with Gasteiger partial charge in [-0.3, -0.25) is 5.32 Å². The Morgan fingerprint density at radius 2 is 1.48 bits per heavy atom. The highest BCUT2D eigenvalue weighted by Crippen LogP contribution is 2.29. The number of benzene rings is 3. The molecular weight excluding hydrogens is 344 g/mol. The van der Waals surface area contributed by atoms with Crippen molar-refractivity contribution in [3.05, 3.63) is 84.4 Å². The summed E-state index contributed by atoms with van der Waals surface area (Å²) in [4.78, 5) is 13.1. The lowest BCUT2D eigenvalue weighted by Crippen LogP contribution is -2.16. The van der Waals surface area contributed by atoms with Crippen molar-refractivity contribution in [3.63, 3.8) is 0 Å². The van der Waals surface area contributed by atoms with Crippen LogP contribution in [0.4, 0.5) is 19.3 Å². The lowest BCUT2D eigenvalue weighted by atomic mass is 10.3. The van der Waals surface area contributed by atoms with E-state index in [1.54, 1.807) is 48.5 Å². The Hall–Kier alpha value is -2.86. The predicted molar refractivity (Wildman–Crippen MR) is 93.0 cm³/mol. The highest BCUT2D eigenvalue weighted by atomic mass is 32.2. The van der Waals surface area contributed by atoms with Gasteiger partial charge in [0.05, 0.1) is 0 Å². The van der Waals surface area contributed by atoms with Gasteiger partial charge in [0, 0.05) is 21.5 Å². The van der Waals surface area contributed by atoms with Gasteiger partial charge in [-0.1, -0.05) is 30.0 Å². The Labute approximate surface area is 147 Å². The predicted octanol–water partition coefficient (Wildman–Crippen LogP) is 5.73. The molecule has 0 aliphatic rings. The van der Waals surface area contributed by atoms with E-state index in [9.17, 15) is 13.6 Å². The Morgan fingerprint density at radius 3 is 2.12 bits per heavy atom. The first-order valence-corrected chi connectivity index (χ1v) is 8.18. The van der Waals surface area contributed by atoms with E-state index in [2.05, 4.69) is 5.32 Å². The van der Waals surface area contributed by atoms with Crippen LogP contribution in [-0.4, -0.2) is 6.09 Å². The molecule has 0 saturated carbocycles. The third-order valence-corrected chi connectivity index (χ3v) is 4.11. The van der Waals surface area contributed by atoms with Crippen LogP contribution in [0, 0.1) is 11.6 Å². The van der Waals surface area contributed by atoms with Crippen molar-refractivity contribution in [1.82, 2.24) is 0 Å². The third kappa shape index (κ3) is 5.06. The van der Waals surface area contributed by atoms with Crippen LogP contribution in [0.15, 0.2) is 82.6 Å². The monoisotopic (exact) mass is 357 g/mol. The Kier molecular flexibility index (Phi) is 5.30. The number of halogens is 2. The first-order chi connectivity index (χ1) is 12.1. The van der Waals surface area contributed by atoms with E-state index in [-0.39, 0.29) is 0 Å². The molecule has 0 unspecified atom stereocenters. The molecule has 3 aromatic rings. The van der Waals surface area contributed by atoms with E-state index in [0.29, 0.717) is 16.3 Å². The molecule has 1 N–H and O–H groups in total. The largest absolute Gasteiger partial charge is 0.417 e. The number of anilines is 1. The SMILES string of the molecule is O=C(Nc1ccc(Sc2cc(F)cc(F)c2)cc1)Oc1ccccc1. The number of amides is 1. The molecule has 0 saturated heterocycles. The zero-order valence-corrected chi connectivity index (χ0v) is 13.7. The molecule has 3 aromatic carbocycles. The van der Waals surface area contributed by atoms with Crippen LogP contribution in [0.25, 0.3) is 0 Å². The van der Waals surface area contributed by atoms with Gasteiger partial charge in [0.25, 0.3) is 0 Å². The lowest BCUT2D eigenvalue weighted by molar-refractivity contribution is 0.215. The highest BCUT2D eigenvalue weighted by Gasteiger charge is 2.06. The number of hydrogen-bond donors (Lipinski definition) is 1. The van der Waals surface area contributed by atoms with Gasteiger partial charge in [0.1, 0.15) is 17.4 Å². The second-order valence-corrected chi connectivity index (χ2v) is 6.21. The fourth-order valence-corrected chi connectivity index (χ4v) is 2.96.